The van der Waals surface area contributed by atoms with E-state index in [-0.39, 0.29) is 5.75 Å². The van der Waals surface area contributed by atoms with Gasteiger partial charge in [-0.1, -0.05) is 41.9 Å². The van der Waals surface area contributed by atoms with E-state index < -0.39 is 30.0 Å². The Kier molecular flexibility index (Phi) is 9.04. The van der Waals surface area contributed by atoms with Gasteiger partial charge >= 0.3 is 18.3 Å². The minimum atomic E-state index is -3.38. The fourth-order valence-electron chi connectivity index (χ4n) is 2.96. The van der Waals surface area contributed by atoms with Crippen LogP contribution in [-0.4, -0.2) is 23.3 Å². The van der Waals surface area contributed by atoms with Gasteiger partial charge in [0.25, 0.3) is 0 Å². The van der Waals surface area contributed by atoms with Crippen molar-refractivity contribution in [2.75, 3.05) is 0 Å². The monoisotopic (exact) mass is 483 g/mol. The highest BCUT2D eigenvalue weighted by molar-refractivity contribution is 6.30. The third kappa shape index (κ3) is 8.27. The number of halogens is 5. The summed E-state index contributed by atoms with van der Waals surface area (Å²) in [4.78, 5) is 13.3. The van der Waals surface area contributed by atoms with Crippen LogP contribution < -0.4 is 16.2 Å². The van der Waals surface area contributed by atoms with Gasteiger partial charge in [0.15, 0.2) is 0 Å². The highest BCUT2D eigenvalue weighted by Gasteiger charge is 2.37. The average molecular weight is 484 g/mol. The number of carbonyl (C=O) groups excluding carboxylic acids is 1. The number of amides is 2. The Morgan fingerprint density at radius 2 is 1.76 bits per heavy atom. The van der Waals surface area contributed by atoms with Crippen molar-refractivity contribution < 1.29 is 27.1 Å². The van der Waals surface area contributed by atoms with E-state index in [2.05, 4.69) is 16.5 Å². The largest absolute Gasteiger partial charge is 0.452 e. The molecular weight excluding hydrogens is 462 g/mol. The highest BCUT2D eigenvalue weighted by Crippen LogP contribution is 2.33. The molecule has 3 rings (SSSR count). The van der Waals surface area contributed by atoms with Crippen LogP contribution in [-0.2, 0) is 6.42 Å². The summed E-state index contributed by atoms with van der Waals surface area (Å²) in [6.07, 6.45) is -1.45. The van der Waals surface area contributed by atoms with Crippen molar-refractivity contribution >= 4 is 17.6 Å². The van der Waals surface area contributed by atoms with Crippen LogP contribution in [0.4, 0.5) is 22.4 Å². The number of nitrogens with two attached hydrogens (primary N) is 2. The number of primary amides is 2. The molecule has 5 nitrogen and oxygen atoms in total. The Hall–Kier alpha value is -3.33. The molecule has 0 saturated heterocycles. The van der Waals surface area contributed by atoms with Crippen LogP contribution in [0.5, 0.6) is 5.75 Å². The van der Waals surface area contributed by atoms with Crippen LogP contribution in [0.2, 0.25) is 5.02 Å². The molecule has 2 aromatic carbocycles. The molecule has 2 amide bonds. The second-order valence-electron chi connectivity index (χ2n) is 7.15. The Bertz CT molecular complexity index is 1050. The highest BCUT2D eigenvalue weighted by atomic mass is 35.5. The van der Waals surface area contributed by atoms with E-state index in [1.807, 2.05) is 30.3 Å². The Morgan fingerprint density at radius 1 is 1.12 bits per heavy atom. The number of benzene rings is 2. The fourth-order valence-corrected chi connectivity index (χ4v) is 3.07. The minimum absolute atomic E-state index is 0.322. The molecule has 1 aromatic heterocycles. The van der Waals surface area contributed by atoms with E-state index in [9.17, 15) is 17.6 Å². The van der Waals surface area contributed by atoms with Crippen molar-refractivity contribution in [3.05, 3.63) is 94.5 Å². The summed E-state index contributed by atoms with van der Waals surface area (Å²) in [5.41, 5.74) is 10.5. The van der Waals surface area contributed by atoms with Crippen LogP contribution in [0.3, 0.4) is 0 Å². The molecule has 0 saturated carbocycles. The molecule has 0 aliphatic rings. The Balaban J connectivity index is 0.000000890. The maximum Gasteiger partial charge on any atom is 0.309 e. The van der Waals surface area contributed by atoms with Crippen LogP contribution in [0, 0.1) is 5.82 Å². The van der Waals surface area contributed by atoms with E-state index in [1.165, 1.54) is 18.3 Å². The number of carbonyl (C=O) groups is 1. The summed E-state index contributed by atoms with van der Waals surface area (Å²) >= 11 is 5.92. The van der Waals surface area contributed by atoms with Crippen molar-refractivity contribution in [3.8, 4) is 5.75 Å². The fraction of sp³-hybridized carbons (Fsp3) is 0.217. The lowest BCUT2D eigenvalue weighted by atomic mass is 9.88. The zero-order valence-electron chi connectivity index (χ0n) is 17.5. The Labute approximate surface area is 193 Å². The maximum absolute atomic E-state index is 14.3. The number of hydrogen-bond acceptors (Lipinski definition) is 3. The van der Waals surface area contributed by atoms with Gasteiger partial charge in [-0.2, -0.15) is 4.39 Å². The van der Waals surface area contributed by atoms with Gasteiger partial charge in [0.1, 0.15) is 11.6 Å². The molecule has 3 aromatic rings. The lowest BCUT2D eigenvalue weighted by Crippen LogP contribution is -2.35. The molecular formula is C23H22ClF4N3O2. The molecule has 0 fully saturated rings. The summed E-state index contributed by atoms with van der Waals surface area (Å²) in [7, 11) is 0. The number of pyridine rings is 1. The second-order valence-corrected chi connectivity index (χ2v) is 7.59. The number of ether oxygens (including phenoxy) is 1. The molecule has 0 aliphatic heterocycles. The van der Waals surface area contributed by atoms with Gasteiger partial charge in [-0.3, -0.25) is 4.98 Å². The van der Waals surface area contributed by atoms with E-state index in [0.29, 0.717) is 29.6 Å². The van der Waals surface area contributed by atoms with E-state index >= 15 is 0 Å². The lowest BCUT2D eigenvalue weighted by molar-refractivity contribution is -0.152. The first kappa shape index (κ1) is 25.9. The molecule has 176 valence electrons. The first-order valence-electron chi connectivity index (χ1n) is 9.64. The number of hydrogen-bond donors (Lipinski definition) is 2. The van der Waals surface area contributed by atoms with Gasteiger partial charge in [-0.15, -0.1) is 0 Å². The molecule has 4 N–H and O–H groups in total. The zero-order chi connectivity index (χ0) is 24.6. The van der Waals surface area contributed by atoms with Crippen molar-refractivity contribution in [1.82, 2.24) is 4.98 Å². The predicted octanol–water partition coefficient (Wildman–Crippen LogP) is 5.60. The SMILES string of the molecule is CC(F)(Oc1cc(F)cc([C@@H](Cc2ccccc2)c2ccc(Cl)cn2)c1)C(F)F.NC(N)=O. The van der Waals surface area contributed by atoms with Gasteiger partial charge < -0.3 is 16.2 Å². The van der Waals surface area contributed by atoms with E-state index in [0.717, 1.165) is 11.6 Å². The summed E-state index contributed by atoms with van der Waals surface area (Å²) in [6, 6.07) is 15.5. The summed E-state index contributed by atoms with van der Waals surface area (Å²) in [5.74, 6) is -4.71. The normalized spacial score (nSPS) is 13.4. The van der Waals surface area contributed by atoms with Crippen molar-refractivity contribution in [1.29, 1.82) is 0 Å². The number of rotatable bonds is 7. The first-order valence-corrected chi connectivity index (χ1v) is 10.0. The van der Waals surface area contributed by atoms with E-state index in [1.54, 1.807) is 12.1 Å². The minimum Gasteiger partial charge on any atom is -0.452 e. The molecule has 0 spiro atoms. The topological polar surface area (TPSA) is 91.2 Å². The summed E-state index contributed by atoms with van der Waals surface area (Å²) in [5, 5.41) is 0.445. The standard InChI is InChI=1S/C22H18ClF4NO.CH4N2O/c1-22(27,21(25)26)29-18-11-15(10-17(24)12-18)19(9-14-5-3-2-4-6-14)20-8-7-16(23)13-28-20;2-1(3)4/h2-8,10-13,19,21H,9H2,1H3;(H4,2,3,4)/t19-,22?;/m1./s1. The smallest absolute Gasteiger partial charge is 0.309 e. The van der Waals surface area contributed by atoms with Crippen molar-refractivity contribution in [3.63, 3.8) is 0 Å². The number of alkyl halides is 3. The van der Waals surface area contributed by atoms with E-state index in [4.69, 9.17) is 21.1 Å². The van der Waals surface area contributed by atoms with Gasteiger partial charge in [0, 0.05) is 30.8 Å². The van der Waals surface area contributed by atoms with Gasteiger partial charge in [0.2, 0.25) is 0 Å². The molecule has 0 radical (unpaired) electrons. The molecule has 1 heterocycles. The summed E-state index contributed by atoms with van der Waals surface area (Å²) < 4.78 is 58.6. The van der Waals surface area contributed by atoms with Crippen molar-refractivity contribution in [2.45, 2.75) is 31.5 Å². The van der Waals surface area contributed by atoms with Crippen LogP contribution >= 0.6 is 11.6 Å². The molecule has 0 bridgehead atoms. The average Bonchev–Trinajstić information content (AvgIpc) is 2.72. The predicted molar refractivity (Wildman–Crippen MR) is 118 cm³/mol. The molecule has 10 heteroatoms. The number of nitrogens with zero attached hydrogens (tertiary/aromatic N) is 1. The zero-order valence-corrected chi connectivity index (χ0v) is 18.3. The van der Waals surface area contributed by atoms with Gasteiger partial charge in [-0.05, 0) is 41.8 Å². The van der Waals surface area contributed by atoms with Crippen molar-refractivity contribution in [2.24, 2.45) is 11.5 Å². The lowest BCUT2D eigenvalue weighted by Gasteiger charge is -2.23. The Morgan fingerprint density at radius 3 is 2.30 bits per heavy atom. The van der Waals surface area contributed by atoms with Crippen LogP contribution in [0.15, 0.2) is 66.9 Å². The molecule has 1 unspecified atom stereocenters. The molecule has 2 atom stereocenters. The third-order valence-corrected chi connectivity index (χ3v) is 4.62. The first-order chi connectivity index (χ1) is 15.5. The third-order valence-electron chi connectivity index (χ3n) is 4.39. The van der Waals surface area contributed by atoms with Gasteiger partial charge in [-0.25, -0.2) is 18.0 Å². The molecule has 0 aliphatic carbocycles. The second kappa shape index (κ2) is 11.5. The van der Waals surface area contributed by atoms with Crippen LogP contribution in [0.1, 0.15) is 29.7 Å². The maximum atomic E-state index is 14.3. The quantitative estimate of drug-likeness (QED) is 0.428. The summed E-state index contributed by atoms with van der Waals surface area (Å²) in [6.45, 7) is 0.602. The van der Waals surface area contributed by atoms with Crippen LogP contribution in [0.25, 0.3) is 0 Å². The van der Waals surface area contributed by atoms with Gasteiger partial charge in [0.05, 0.1) is 5.02 Å². The number of aromatic nitrogens is 1. The number of urea groups is 1. The molecule has 33 heavy (non-hydrogen) atoms.